The molecule has 1 aliphatic heterocycles. The van der Waals surface area contributed by atoms with Gasteiger partial charge in [0.15, 0.2) is 11.5 Å². The van der Waals surface area contributed by atoms with E-state index in [0.717, 1.165) is 25.9 Å². The third kappa shape index (κ3) is 3.37. The van der Waals surface area contributed by atoms with E-state index >= 15 is 0 Å². The largest absolute Gasteiger partial charge is 0.402 e. The molecule has 5 rings (SSSR count). The highest BCUT2D eigenvalue weighted by Gasteiger charge is 2.45. The van der Waals surface area contributed by atoms with Gasteiger partial charge in [0.25, 0.3) is 5.89 Å². The lowest BCUT2D eigenvalue weighted by Gasteiger charge is -2.33. The molecule has 3 heterocycles. The van der Waals surface area contributed by atoms with Gasteiger partial charge in [0.05, 0.1) is 11.0 Å². The number of hydrogen-bond acceptors (Lipinski definition) is 8. The van der Waals surface area contributed by atoms with Crippen LogP contribution in [0.25, 0.3) is 22.6 Å². The molecule has 0 bridgehead atoms. The summed E-state index contributed by atoms with van der Waals surface area (Å²) in [6.07, 6.45) is 4.84. The number of fused-ring (bicyclic) bond motifs is 1. The molecule has 2 aromatic heterocycles. The van der Waals surface area contributed by atoms with E-state index in [0.29, 0.717) is 22.1 Å². The maximum atomic E-state index is 12.7. The molecule has 1 saturated carbocycles. The predicted octanol–water partition coefficient (Wildman–Crippen LogP) is 2.46. The molecule has 29 heavy (non-hydrogen) atoms. The van der Waals surface area contributed by atoms with Gasteiger partial charge in [-0.15, -0.1) is 5.10 Å². The smallest absolute Gasteiger partial charge is 0.316 e. The molecule has 1 aliphatic carbocycles. The van der Waals surface area contributed by atoms with E-state index in [4.69, 9.17) is 10.2 Å². The first-order valence-corrected chi connectivity index (χ1v) is 9.95. The Morgan fingerprint density at radius 2 is 1.83 bits per heavy atom. The molecule has 3 aromatic rings. The molecule has 3 N–H and O–H groups in total. The van der Waals surface area contributed by atoms with Gasteiger partial charge in [-0.05, 0) is 50.2 Å². The number of carbonyl (C=O) groups excluding carboxylic acids is 1. The summed E-state index contributed by atoms with van der Waals surface area (Å²) in [7, 11) is 0. The lowest BCUT2D eigenvalue weighted by Crippen LogP contribution is -2.45. The van der Waals surface area contributed by atoms with Gasteiger partial charge in [0, 0.05) is 13.1 Å². The Hall–Kier alpha value is -3.23. The number of aromatic nitrogens is 4. The summed E-state index contributed by atoms with van der Waals surface area (Å²) in [5.41, 5.74) is 8.27. The molecule has 1 amide bonds. The van der Waals surface area contributed by atoms with Crippen molar-refractivity contribution in [1.82, 2.24) is 25.1 Å². The molecule has 0 radical (unpaired) electrons. The molecular weight excluding hydrogens is 370 g/mol. The van der Waals surface area contributed by atoms with Crippen molar-refractivity contribution in [3.05, 3.63) is 24.3 Å². The average Bonchev–Trinajstić information content (AvgIpc) is 3.32. The Balaban J connectivity index is 1.29. The summed E-state index contributed by atoms with van der Waals surface area (Å²) >= 11 is 0. The van der Waals surface area contributed by atoms with E-state index in [9.17, 15) is 4.79 Å². The lowest BCUT2D eigenvalue weighted by molar-refractivity contribution is -0.133. The minimum absolute atomic E-state index is 0.0465. The second-order valence-electron chi connectivity index (χ2n) is 8.05. The van der Waals surface area contributed by atoms with Crippen LogP contribution in [0.2, 0.25) is 0 Å². The number of rotatable bonds is 4. The second-order valence-corrected chi connectivity index (χ2v) is 8.05. The predicted molar refractivity (Wildman–Crippen MR) is 108 cm³/mol. The van der Waals surface area contributed by atoms with Crippen LogP contribution in [0.5, 0.6) is 0 Å². The minimum Gasteiger partial charge on any atom is -0.402 e. The van der Waals surface area contributed by atoms with Crippen LogP contribution >= 0.6 is 0 Å². The Morgan fingerprint density at radius 1 is 1.14 bits per heavy atom. The summed E-state index contributed by atoms with van der Waals surface area (Å²) in [6, 6.07) is 7.11. The van der Waals surface area contributed by atoms with Gasteiger partial charge in [0.2, 0.25) is 5.91 Å². The van der Waals surface area contributed by atoms with Gasteiger partial charge >= 0.3 is 6.01 Å². The quantitative estimate of drug-likeness (QED) is 0.693. The summed E-state index contributed by atoms with van der Waals surface area (Å²) in [5, 5.41) is 11.0. The molecule has 1 spiro atoms. The summed E-state index contributed by atoms with van der Waals surface area (Å²) < 4.78 is 5.66. The molecule has 150 valence electrons. The second kappa shape index (κ2) is 6.68. The number of para-hydroxylation sites is 2. The fourth-order valence-electron chi connectivity index (χ4n) is 3.95. The molecule has 0 unspecified atom stereocenters. The number of likely N-dealkylation sites (tertiary alicyclic amines) is 1. The zero-order valence-corrected chi connectivity index (χ0v) is 16.3. The molecule has 2 fully saturated rings. The normalized spacial score (nSPS) is 18.7. The summed E-state index contributed by atoms with van der Waals surface area (Å²) in [5.74, 6) is 0.423. The van der Waals surface area contributed by atoms with Crippen molar-refractivity contribution >= 4 is 28.8 Å². The zero-order valence-electron chi connectivity index (χ0n) is 16.3. The maximum absolute atomic E-state index is 12.7. The van der Waals surface area contributed by atoms with Crippen LogP contribution in [0.4, 0.5) is 11.8 Å². The molecule has 9 nitrogen and oxygen atoms in total. The van der Waals surface area contributed by atoms with E-state index in [-0.39, 0.29) is 23.6 Å². The van der Waals surface area contributed by atoms with Crippen molar-refractivity contribution in [2.24, 2.45) is 5.41 Å². The number of nitrogens with zero attached hydrogens (tertiary/aromatic N) is 5. The Kier molecular flexibility index (Phi) is 4.11. The third-order valence-corrected chi connectivity index (χ3v) is 6.03. The molecule has 2 aliphatic rings. The highest BCUT2D eigenvalue weighted by atomic mass is 16.4. The fourth-order valence-corrected chi connectivity index (χ4v) is 3.95. The highest BCUT2D eigenvalue weighted by Crippen LogP contribution is 2.53. The number of piperidine rings is 1. The number of hydrogen-bond donors (Lipinski definition) is 2. The van der Waals surface area contributed by atoms with Gasteiger partial charge in [-0.2, -0.15) is 0 Å². The van der Waals surface area contributed by atoms with E-state index in [1.165, 1.54) is 12.8 Å². The van der Waals surface area contributed by atoms with Crippen LogP contribution < -0.4 is 11.1 Å². The number of amides is 1. The number of benzene rings is 1. The SMILES string of the molecule is C[C@@H](Nc1nnc(-c2nc3ccccc3nc2N)o1)C(=O)N1CCC2(CC1)CC2. The van der Waals surface area contributed by atoms with Gasteiger partial charge in [0.1, 0.15) is 6.04 Å². The van der Waals surface area contributed by atoms with E-state index in [2.05, 4.69) is 25.5 Å². The van der Waals surface area contributed by atoms with E-state index < -0.39 is 6.04 Å². The number of nitrogens with two attached hydrogens (primary N) is 1. The monoisotopic (exact) mass is 393 g/mol. The Morgan fingerprint density at radius 3 is 2.52 bits per heavy atom. The zero-order chi connectivity index (χ0) is 20.0. The standard InChI is InChI=1S/C20H23N7O2/c1-12(18(28)27-10-8-20(6-7-20)9-11-27)22-19-26-25-17(29-19)15-16(21)24-14-5-3-2-4-13(14)23-15/h2-5,12H,6-11H2,1H3,(H2,21,24)(H,22,26)/t12-/m1/s1. The first-order chi connectivity index (χ1) is 14.0. The lowest BCUT2D eigenvalue weighted by atomic mass is 9.93. The van der Waals surface area contributed by atoms with Crippen LogP contribution in [0.3, 0.4) is 0 Å². The Bertz CT molecular complexity index is 1070. The average molecular weight is 393 g/mol. The summed E-state index contributed by atoms with van der Waals surface area (Å²) in [6.45, 7) is 3.45. The van der Waals surface area contributed by atoms with Gasteiger partial charge in [-0.1, -0.05) is 17.2 Å². The first-order valence-electron chi connectivity index (χ1n) is 9.95. The van der Waals surface area contributed by atoms with Gasteiger partial charge in [-0.25, -0.2) is 9.97 Å². The van der Waals surface area contributed by atoms with Crippen LogP contribution in [0.1, 0.15) is 32.6 Å². The van der Waals surface area contributed by atoms with Crippen LogP contribution in [-0.4, -0.2) is 50.1 Å². The van der Waals surface area contributed by atoms with Crippen LogP contribution in [0.15, 0.2) is 28.7 Å². The summed E-state index contributed by atoms with van der Waals surface area (Å²) in [4.78, 5) is 23.5. The van der Waals surface area contributed by atoms with Crippen molar-refractivity contribution in [3.8, 4) is 11.6 Å². The first kappa shape index (κ1) is 17.8. The minimum atomic E-state index is -0.461. The third-order valence-electron chi connectivity index (χ3n) is 6.03. The Labute approximate surface area is 167 Å². The van der Waals surface area contributed by atoms with Gasteiger partial charge in [-0.3, -0.25) is 4.79 Å². The number of nitrogen functional groups attached to an aromatic ring is 1. The molecule has 1 atom stereocenters. The number of anilines is 2. The molecule has 1 saturated heterocycles. The molecule has 9 heteroatoms. The van der Waals surface area contributed by atoms with Gasteiger partial charge < -0.3 is 20.4 Å². The number of nitrogens with one attached hydrogen (secondary N) is 1. The fraction of sp³-hybridized carbons (Fsp3) is 0.450. The van der Waals surface area contributed by atoms with Crippen molar-refractivity contribution in [3.63, 3.8) is 0 Å². The van der Waals surface area contributed by atoms with E-state index in [1.54, 1.807) is 6.92 Å². The van der Waals surface area contributed by atoms with Crippen LogP contribution in [-0.2, 0) is 4.79 Å². The topological polar surface area (TPSA) is 123 Å². The maximum Gasteiger partial charge on any atom is 0.316 e. The highest BCUT2D eigenvalue weighted by molar-refractivity contribution is 5.84. The van der Waals surface area contributed by atoms with Crippen LogP contribution in [0, 0.1) is 5.41 Å². The number of carbonyl (C=O) groups is 1. The van der Waals surface area contributed by atoms with E-state index in [1.807, 2.05) is 29.2 Å². The van der Waals surface area contributed by atoms with Crippen molar-refractivity contribution < 1.29 is 9.21 Å². The van der Waals surface area contributed by atoms with Crippen molar-refractivity contribution in [2.75, 3.05) is 24.1 Å². The van der Waals surface area contributed by atoms with Crippen molar-refractivity contribution in [1.29, 1.82) is 0 Å². The molecule has 1 aromatic carbocycles. The van der Waals surface area contributed by atoms with Crippen molar-refractivity contribution in [2.45, 2.75) is 38.6 Å². The molecular formula is C20H23N7O2.